The van der Waals surface area contributed by atoms with E-state index in [2.05, 4.69) is 18.7 Å². The third kappa shape index (κ3) is 3.49. The maximum atomic E-state index is 10.9. The third-order valence-electron chi connectivity index (χ3n) is 3.62. The summed E-state index contributed by atoms with van der Waals surface area (Å²) in [6.07, 6.45) is 5.02. The van der Waals surface area contributed by atoms with Crippen LogP contribution in [0.5, 0.6) is 0 Å². The molecular formula is C12H23NO2. The standard InChI is InChI=1S/C12H23NO2/c1-3-13(4-2)11-7-5-6-10(8-9-11)12(14)15/h10-11H,3-9H2,1-2H3,(H,14,15)/t10-,11+/m1/s1. The van der Waals surface area contributed by atoms with Crippen LogP contribution in [0.4, 0.5) is 0 Å². The molecule has 0 saturated heterocycles. The molecule has 3 heteroatoms. The Labute approximate surface area is 92.5 Å². The van der Waals surface area contributed by atoms with Crippen molar-refractivity contribution < 1.29 is 9.90 Å². The highest BCUT2D eigenvalue weighted by atomic mass is 16.4. The molecule has 1 aliphatic rings. The summed E-state index contributed by atoms with van der Waals surface area (Å²) in [5, 5.41) is 8.99. The highest BCUT2D eigenvalue weighted by Crippen LogP contribution is 2.26. The minimum absolute atomic E-state index is 0.0921. The second-order valence-corrected chi connectivity index (χ2v) is 4.42. The topological polar surface area (TPSA) is 40.5 Å². The number of hydrogen-bond acceptors (Lipinski definition) is 2. The van der Waals surface area contributed by atoms with E-state index in [1.54, 1.807) is 0 Å². The number of aliphatic carboxylic acids is 1. The molecule has 1 aliphatic carbocycles. The van der Waals surface area contributed by atoms with Crippen molar-refractivity contribution in [2.45, 2.75) is 52.0 Å². The van der Waals surface area contributed by atoms with Gasteiger partial charge in [0.25, 0.3) is 0 Å². The molecule has 1 N–H and O–H groups in total. The van der Waals surface area contributed by atoms with Gasteiger partial charge in [0.1, 0.15) is 0 Å². The minimum Gasteiger partial charge on any atom is -0.481 e. The summed E-state index contributed by atoms with van der Waals surface area (Å²) in [6.45, 7) is 6.53. The summed E-state index contributed by atoms with van der Waals surface area (Å²) in [5.41, 5.74) is 0. The van der Waals surface area contributed by atoms with Gasteiger partial charge in [-0.3, -0.25) is 4.79 Å². The number of nitrogens with zero attached hydrogens (tertiary/aromatic N) is 1. The number of carboxylic acid groups (broad SMARTS) is 1. The largest absolute Gasteiger partial charge is 0.481 e. The van der Waals surface area contributed by atoms with Gasteiger partial charge >= 0.3 is 5.97 Å². The van der Waals surface area contributed by atoms with E-state index < -0.39 is 5.97 Å². The monoisotopic (exact) mass is 213 g/mol. The van der Waals surface area contributed by atoms with Gasteiger partial charge in [0.05, 0.1) is 5.92 Å². The van der Waals surface area contributed by atoms with Crippen molar-refractivity contribution in [3.63, 3.8) is 0 Å². The summed E-state index contributed by atoms with van der Waals surface area (Å²) in [4.78, 5) is 13.4. The third-order valence-corrected chi connectivity index (χ3v) is 3.62. The van der Waals surface area contributed by atoms with Crippen LogP contribution in [0, 0.1) is 5.92 Å². The molecule has 0 bridgehead atoms. The highest BCUT2D eigenvalue weighted by Gasteiger charge is 2.25. The summed E-state index contributed by atoms with van der Waals surface area (Å²) in [5.74, 6) is -0.694. The Bertz CT molecular complexity index is 202. The molecule has 2 atom stereocenters. The first kappa shape index (κ1) is 12.5. The zero-order valence-electron chi connectivity index (χ0n) is 9.91. The van der Waals surface area contributed by atoms with Crippen molar-refractivity contribution in [1.82, 2.24) is 4.90 Å². The molecule has 0 aromatic heterocycles. The van der Waals surface area contributed by atoms with E-state index in [9.17, 15) is 4.79 Å². The zero-order chi connectivity index (χ0) is 11.3. The smallest absolute Gasteiger partial charge is 0.306 e. The van der Waals surface area contributed by atoms with Gasteiger partial charge in [0.15, 0.2) is 0 Å². The molecule has 3 nitrogen and oxygen atoms in total. The van der Waals surface area contributed by atoms with Gasteiger partial charge in [-0.2, -0.15) is 0 Å². The Hall–Kier alpha value is -0.570. The molecule has 0 aliphatic heterocycles. The average Bonchev–Trinajstić information content (AvgIpc) is 2.45. The highest BCUT2D eigenvalue weighted by molar-refractivity contribution is 5.69. The van der Waals surface area contributed by atoms with Gasteiger partial charge in [0, 0.05) is 6.04 Å². The molecule has 0 aromatic rings. The molecular weight excluding hydrogens is 190 g/mol. The molecule has 0 spiro atoms. The van der Waals surface area contributed by atoms with Gasteiger partial charge in [0.2, 0.25) is 0 Å². The maximum absolute atomic E-state index is 10.9. The average molecular weight is 213 g/mol. The molecule has 0 heterocycles. The minimum atomic E-state index is -0.602. The fourth-order valence-corrected chi connectivity index (χ4v) is 2.63. The molecule has 15 heavy (non-hydrogen) atoms. The van der Waals surface area contributed by atoms with Crippen molar-refractivity contribution in [2.24, 2.45) is 5.92 Å². The molecule has 1 rings (SSSR count). The summed E-state index contributed by atoms with van der Waals surface area (Å²) < 4.78 is 0. The Morgan fingerprint density at radius 3 is 2.40 bits per heavy atom. The fourth-order valence-electron chi connectivity index (χ4n) is 2.63. The lowest BCUT2D eigenvalue weighted by Gasteiger charge is -2.28. The van der Waals surface area contributed by atoms with Crippen LogP contribution in [0.2, 0.25) is 0 Å². The molecule has 0 unspecified atom stereocenters. The fraction of sp³-hybridized carbons (Fsp3) is 0.917. The predicted octanol–water partition coefficient (Wildman–Crippen LogP) is 2.36. The van der Waals surface area contributed by atoms with Crippen LogP contribution >= 0.6 is 0 Å². The first-order chi connectivity index (χ1) is 7.19. The first-order valence-corrected chi connectivity index (χ1v) is 6.15. The summed E-state index contributed by atoms with van der Waals surface area (Å²) in [6, 6.07) is 0.615. The Morgan fingerprint density at radius 1 is 1.20 bits per heavy atom. The Morgan fingerprint density at radius 2 is 1.87 bits per heavy atom. The van der Waals surface area contributed by atoms with E-state index in [1.807, 2.05) is 0 Å². The molecule has 0 amide bonds. The SMILES string of the molecule is CCN(CC)[C@H]1CCC[C@@H](C(=O)O)CC1. The predicted molar refractivity (Wildman–Crippen MR) is 60.9 cm³/mol. The Balaban J connectivity index is 2.48. The lowest BCUT2D eigenvalue weighted by molar-refractivity contribution is -0.142. The van der Waals surface area contributed by atoms with Crippen LogP contribution < -0.4 is 0 Å². The molecule has 88 valence electrons. The Kier molecular flexibility index (Phi) is 5.09. The van der Waals surface area contributed by atoms with Crippen molar-refractivity contribution in [1.29, 1.82) is 0 Å². The van der Waals surface area contributed by atoms with E-state index in [-0.39, 0.29) is 5.92 Å². The second kappa shape index (κ2) is 6.11. The van der Waals surface area contributed by atoms with Crippen molar-refractivity contribution >= 4 is 5.97 Å². The molecule has 1 saturated carbocycles. The molecule has 0 radical (unpaired) electrons. The number of carbonyl (C=O) groups is 1. The summed E-state index contributed by atoms with van der Waals surface area (Å²) in [7, 11) is 0. The van der Waals surface area contributed by atoms with Gasteiger partial charge in [-0.05, 0) is 38.8 Å². The van der Waals surface area contributed by atoms with E-state index in [1.165, 1.54) is 6.42 Å². The van der Waals surface area contributed by atoms with Crippen LogP contribution in [0.1, 0.15) is 46.0 Å². The van der Waals surface area contributed by atoms with Gasteiger partial charge < -0.3 is 10.0 Å². The van der Waals surface area contributed by atoms with Crippen LogP contribution in [-0.4, -0.2) is 35.1 Å². The zero-order valence-corrected chi connectivity index (χ0v) is 9.91. The van der Waals surface area contributed by atoms with Crippen molar-refractivity contribution in [3.8, 4) is 0 Å². The van der Waals surface area contributed by atoms with Crippen molar-refractivity contribution in [3.05, 3.63) is 0 Å². The van der Waals surface area contributed by atoms with E-state index in [4.69, 9.17) is 5.11 Å². The van der Waals surface area contributed by atoms with E-state index in [0.29, 0.717) is 6.04 Å². The summed E-state index contributed by atoms with van der Waals surface area (Å²) >= 11 is 0. The number of hydrogen-bond donors (Lipinski definition) is 1. The van der Waals surface area contributed by atoms with Crippen LogP contribution in [0.3, 0.4) is 0 Å². The van der Waals surface area contributed by atoms with Crippen molar-refractivity contribution in [2.75, 3.05) is 13.1 Å². The molecule has 0 aromatic carbocycles. The van der Waals surface area contributed by atoms with Gasteiger partial charge in [-0.1, -0.05) is 20.3 Å². The van der Waals surface area contributed by atoms with Crippen LogP contribution in [0.25, 0.3) is 0 Å². The van der Waals surface area contributed by atoms with Gasteiger partial charge in [-0.25, -0.2) is 0 Å². The lowest BCUT2D eigenvalue weighted by Crippen LogP contribution is -2.34. The first-order valence-electron chi connectivity index (χ1n) is 6.15. The van der Waals surface area contributed by atoms with Crippen LogP contribution in [0.15, 0.2) is 0 Å². The van der Waals surface area contributed by atoms with Crippen LogP contribution in [-0.2, 0) is 4.79 Å². The lowest BCUT2D eigenvalue weighted by atomic mass is 10.0. The maximum Gasteiger partial charge on any atom is 0.306 e. The van der Waals surface area contributed by atoms with E-state index >= 15 is 0 Å². The normalized spacial score (nSPS) is 27.7. The quantitative estimate of drug-likeness (QED) is 0.729. The van der Waals surface area contributed by atoms with Gasteiger partial charge in [-0.15, -0.1) is 0 Å². The number of rotatable bonds is 4. The number of carboxylic acids is 1. The second-order valence-electron chi connectivity index (χ2n) is 4.42. The van der Waals surface area contributed by atoms with E-state index in [0.717, 1.165) is 38.8 Å². The molecule has 1 fully saturated rings.